The van der Waals surface area contributed by atoms with Gasteiger partial charge in [-0.2, -0.15) is 25.3 Å². The van der Waals surface area contributed by atoms with E-state index in [4.69, 9.17) is 16.6 Å². The number of ketones is 3. The first-order valence-corrected chi connectivity index (χ1v) is 17.2. The van der Waals surface area contributed by atoms with Gasteiger partial charge in [-0.15, -0.1) is 0 Å². The number of carbonyl (C=O) groups is 7. The summed E-state index contributed by atoms with van der Waals surface area (Å²) in [6.45, 7) is 4.98. The van der Waals surface area contributed by atoms with Crippen LogP contribution in [0.4, 0.5) is 5.69 Å². The number of thioether (sulfide) groups is 2. The number of amides is 1. The molecule has 0 heterocycles. The Morgan fingerprint density at radius 3 is 1.71 bits per heavy atom. The van der Waals surface area contributed by atoms with E-state index in [-0.39, 0.29) is 52.6 Å². The van der Waals surface area contributed by atoms with Crippen molar-refractivity contribution in [1.82, 2.24) is 21.3 Å². The van der Waals surface area contributed by atoms with Crippen molar-refractivity contribution in [2.45, 2.75) is 43.8 Å². The molecule has 0 saturated heterocycles. The summed E-state index contributed by atoms with van der Waals surface area (Å²) in [5, 5.41) is 29.9. The summed E-state index contributed by atoms with van der Waals surface area (Å²) in [5.74, 6) is -0.600. The predicted octanol–water partition coefficient (Wildman–Crippen LogP) is -0.445. The van der Waals surface area contributed by atoms with Crippen molar-refractivity contribution >= 4 is 93.9 Å². The highest BCUT2D eigenvalue weighted by atomic mass is 32.2. The van der Waals surface area contributed by atoms with E-state index >= 15 is 0 Å². The highest BCUT2D eigenvalue weighted by Gasteiger charge is 2.21. The number of thiol groups is 2. The van der Waals surface area contributed by atoms with Gasteiger partial charge in [0.05, 0.1) is 42.7 Å². The molecule has 21 heteroatoms. The van der Waals surface area contributed by atoms with Gasteiger partial charge in [0, 0.05) is 28.2 Å². The Morgan fingerprint density at radius 1 is 0.837 bits per heavy atom. The highest BCUT2D eigenvalue weighted by molar-refractivity contribution is 8.14. The van der Waals surface area contributed by atoms with Gasteiger partial charge >= 0.3 is 5.97 Å². The van der Waals surface area contributed by atoms with Crippen LogP contribution in [0.1, 0.15) is 31.1 Å². The van der Waals surface area contributed by atoms with E-state index in [1.807, 2.05) is 0 Å². The van der Waals surface area contributed by atoms with Crippen molar-refractivity contribution in [3.8, 4) is 0 Å². The molecule has 0 bridgehead atoms. The van der Waals surface area contributed by atoms with Gasteiger partial charge in [-0.3, -0.25) is 38.9 Å². The topological polar surface area (TPSA) is 283 Å². The number of hydrogen-bond donors (Lipinski definition) is 9. The van der Waals surface area contributed by atoms with Gasteiger partial charge in [0.1, 0.15) is 17.1 Å². The fraction of sp³-hybridized carbons (Fsp3) is 0.536. The number of Topliss-reactive ketones (excluding diaryl/α,β-unsaturated/α-hetero) is 3. The lowest BCUT2D eigenvalue weighted by molar-refractivity contribution is -0.385. The lowest BCUT2D eigenvalue weighted by Crippen LogP contribution is -2.44. The zero-order chi connectivity index (χ0) is 38.7. The van der Waals surface area contributed by atoms with Crippen LogP contribution in [0, 0.1) is 10.1 Å². The fourth-order valence-corrected chi connectivity index (χ4v) is 4.77. The number of carboxylic acids is 1. The van der Waals surface area contributed by atoms with Crippen LogP contribution in [0.15, 0.2) is 23.1 Å². The zero-order valence-electron chi connectivity index (χ0n) is 28.1. The third-order valence-corrected chi connectivity index (χ3v) is 7.89. The number of carbonyl (C=O) groups excluding carboxylic acids is 6. The first kappa shape index (κ1) is 50.5. The number of benzene rings is 1. The number of nitrogens with one attached hydrogen (secondary N) is 4. The second-order valence-corrected chi connectivity index (χ2v) is 12.5. The van der Waals surface area contributed by atoms with Gasteiger partial charge in [0.2, 0.25) is 16.1 Å². The fourth-order valence-electron chi connectivity index (χ4n) is 2.53. The molecule has 0 aromatic heterocycles. The third kappa shape index (κ3) is 26.6. The molecular formula is C28H47N7O10S4. The quantitative estimate of drug-likeness (QED) is 0.0420. The molecule has 0 fully saturated rings. The number of hydrogen-bond acceptors (Lipinski definition) is 18. The summed E-state index contributed by atoms with van der Waals surface area (Å²) in [4.78, 5) is 86.0. The molecule has 0 aliphatic rings. The van der Waals surface area contributed by atoms with Crippen LogP contribution in [0.2, 0.25) is 0 Å². The van der Waals surface area contributed by atoms with Crippen LogP contribution < -0.4 is 32.7 Å². The predicted molar refractivity (Wildman–Crippen MR) is 198 cm³/mol. The molecule has 278 valence electrons. The van der Waals surface area contributed by atoms with Crippen LogP contribution in [0.3, 0.4) is 0 Å². The Labute approximate surface area is 304 Å². The molecule has 1 rings (SSSR count). The number of rotatable bonds is 17. The second-order valence-electron chi connectivity index (χ2n) is 9.52. The van der Waals surface area contributed by atoms with Crippen molar-refractivity contribution in [2.75, 3.05) is 58.0 Å². The Bertz CT molecular complexity index is 1260. The van der Waals surface area contributed by atoms with Crippen LogP contribution in [0.5, 0.6) is 0 Å². The van der Waals surface area contributed by atoms with Crippen LogP contribution >= 0.6 is 48.8 Å². The van der Waals surface area contributed by atoms with Crippen molar-refractivity contribution in [2.24, 2.45) is 11.5 Å². The van der Waals surface area contributed by atoms with Crippen LogP contribution in [-0.2, 0) is 28.8 Å². The minimum Gasteiger partial charge on any atom is -0.477 e. The van der Waals surface area contributed by atoms with Gasteiger partial charge < -0.3 is 37.8 Å². The summed E-state index contributed by atoms with van der Waals surface area (Å²) in [6.07, 6.45) is 0. The highest BCUT2D eigenvalue weighted by Crippen LogP contribution is 2.26. The Balaban J connectivity index is -0.000000606. The number of nitrogens with two attached hydrogens (primary N) is 2. The van der Waals surface area contributed by atoms with E-state index in [1.165, 1.54) is 26.8 Å². The molecule has 9 N–H and O–H groups in total. The number of carboxylic acid groups (broad SMARTS) is 1. The standard InChI is InChI=1S/C10H10N2O5S.2C7H14N2O2S.C4H9NOS/c1-11-5-9(13)18-6-2-3-8(12(16)17)7(4-6)10(14)15;1-5(10)6(8)4-12-7(11)3-9-2;1-5(10)6(4-12)9-7(11)3-8-2;1-3(6)4(5)2-7/h2-4,11H,5H2,1H3,(H,14,15);6,9H,3-4,8H2,1-2H3;6,8,12H,3-4H2,1-2H3,(H,9,11);4,7H,2,5H2,1H3. The van der Waals surface area contributed by atoms with Crippen LogP contribution in [0.25, 0.3) is 0 Å². The molecule has 0 aliphatic heterocycles. The summed E-state index contributed by atoms with van der Waals surface area (Å²) in [5.41, 5.74) is 9.69. The molecule has 1 aromatic rings. The molecular weight excluding hydrogens is 723 g/mol. The number of likely N-dealkylation sites (N-methyl/N-ethyl adjacent to an activating group) is 3. The normalized spacial score (nSPS) is 11.7. The first-order valence-electron chi connectivity index (χ1n) is 14.2. The number of nitro benzene ring substituents is 1. The molecule has 1 aromatic carbocycles. The lowest BCUT2D eigenvalue weighted by Gasteiger charge is -2.12. The molecule has 49 heavy (non-hydrogen) atoms. The second kappa shape index (κ2) is 30.0. The molecule has 0 spiro atoms. The first-order chi connectivity index (χ1) is 22.8. The van der Waals surface area contributed by atoms with Gasteiger partial charge in [-0.05, 0) is 54.0 Å². The zero-order valence-corrected chi connectivity index (χ0v) is 31.6. The van der Waals surface area contributed by atoms with E-state index in [1.54, 1.807) is 21.1 Å². The molecule has 0 aliphatic carbocycles. The molecule has 3 unspecified atom stereocenters. The Kier molecular flexibility index (Phi) is 30.9. The largest absolute Gasteiger partial charge is 0.477 e. The van der Waals surface area contributed by atoms with Crippen LogP contribution in [-0.4, -0.2) is 126 Å². The molecule has 0 saturated carbocycles. The number of nitrogens with zero attached hydrogens (tertiary/aromatic N) is 1. The van der Waals surface area contributed by atoms with Crippen molar-refractivity contribution < 1.29 is 43.6 Å². The summed E-state index contributed by atoms with van der Waals surface area (Å²) < 4.78 is 0. The van der Waals surface area contributed by atoms with E-state index in [9.17, 15) is 43.7 Å². The maximum atomic E-state index is 11.3. The average Bonchev–Trinajstić information content (AvgIpc) is 3.02. The SMILES string of the molecule is CC(=O)C(N)CS.CNCC(=O)NC(CS)C(C)=O.CNCC(=O)SCC(N)C(C)=O.CNCC(=O)Sc1ccc([N+](=O)[O-])c(C(=O)O)c1. The van der Waals surface area contributed by atoms with Crippen molar-refractivity contribution in [1.29, 1.82) is 0 Å². The third-order valence-electron chi connectivity index (χ3n) is 5.28. The maximum Gasteiger partial charge on any atom is 0.342 e. The molecule has 1 amide bonds. The van der Waals surface area contributed by atoms with E-state index in [2.05, 4.69) is 46.5 Å². The van der Waals surface area contributed by atoms with E-state index in [0.29, 0.717) is 28.7 Å². The summed E-state index contributed by atoms with van der Waals surface area (Å²) >= 11 is 9.67. The van der Waals surface area contributed by atoms with Gasteiger partial charge in [0.15, 0.2) is 5.78 Å². The minimum absolute atomic E-state index is 0.00463. The molecule has 17 nitrogen and oxygen atoms in total. The molecule has 3 atom stereocenters. The number of nitro groups is 1. The van der Waals surface area contributed by atoms with Gasteiger partial charge in [-0.25, -0.2) is 4.79 Å². The monoisotopic (exact) mass is 769 g/mol. The molecule has 0 radical (unpaired) electrons. The Hall–Kier alpha value is -2.89. The summed E-state index contributed by atoms with van der Waals surface area (Å²) in [6, 6.07) is 2.20. The number of aromatic carboxylic acids is 1. The summed E-state index contributed by atoms with van der Waals surface area (Å²) in [7, 11) is 4.98. The maximum absolute atomic E-state index is 11.3. The lowest BCUT2D eigenvalue weighted by atomic mass is 10.2. The van der Waals surface area contributed by atoms with Gasteiger partial charge in [-0.1, -0.05) is 23.5 Å². The van der Waals surface area contributed by atoms with Crippen molar-refractivity contribution in [3.63, 3.8) is 0 Å². The average molecular weight is 770 g/mol. The Morgan fingerprint density at radius 2 is 1.35 bits per heavy atom. The van der Waals surface area contributed by atoms with E-state index in [0.717, 1.165) is 35.7 Å². The minimum atomic E-state index is -1.40. The van der Waals surface area contributed by atoms with Crippen molar-refractivity contribution in [3.05, 3.63) is 33.9 Å². The smallest absolute Gasteiger partial charge is 0.342 e. The van der Waals surface area contributed by atoms with E-state index < -0.39 is 34.2 Å². The van der Waals surface area contributed by atoms with Gasteiger partial charge in [0.25, 0.3) is 5.69 Å².